The second-order valence-corrected chi connectivity index (χ2v) is 5.15. The molecule has 0 unspecified atom stereocenters. The molecule has 0 saturated carbocycles. The summed E-state index contributed by atoms with van der Waals surface area (Å²) in [5, 5.41) is 47.3. The van der Waals surface area contributed by atoms with E-state index < -0.39 is 36.4 Å². The molecule has 0 amide bonds. The van der Waals surface area contributed by atoms with Crippen LogP contribution in [0.4, 0.5) is 0 Å². The van der Waals surface area contributed by atoms with Gasteiger partial charge in [0.15, 0.2) is 0 Å². The van der Waals surface area contributed by atoms with Gasteiger partial charge in [-0.1, -0.05) is 0 Å². The van der Waals surface area contributed by atoms with Gasteiger partial charge in [0.05, 0.1) is 33.7 Å². The number of aliphatic hydroxyl groups excluding tert-OH is 1. The zero-order valence-electron chi connectivity index (χ0n) is 12.0. The number of rotatable bonds is 7. The minimum atomic E-state index is -2.97. The summed E-state index contributed by atoms with van der Waals surface area (Å²) in [6.07, 6.45) is -2.72. The van der Waals surface area contributed by atoms with Crippen LogP contribution in [-0.4, -0.2) is 72.5 Å². The molecular weight excluding hydrogens is 330 g/mol. The Hall–Kier alpha value is -1.19. The first-order valence-corrected chi connectivity index (χ1v) is 5.59. The van der Waals surface area contributed by atoms with Gasteiger partial charge in [-0.2, -0.15) is 0 Å². The number of quaternary nitrogens is 1. The fraction of sp³-hybridized carbons (Fsp3) is 0.727. The molecule has 10 heteroatoms. The maximum atomic E-state index is 10.1. The molecular formula is C11H19FeNO8-2. The normalized spacial score (nSPS) is 10.7. The maximum Gasteiger partial charge on any atom is 0.114 e. The van der Waals surface area contributed by atoms with Crippen LogP contribution in [0.15, 0.2) is 0 Å². The summed E-state index contributed by atoms with van der Waals surface area (Å²) in [7, 11) is 6.16. The fourth-order valence-corrected chi connectivity index (χ4v) is 0.984. The fourth-order valence-electron chi connectivity index (χ4n) is 0.984. The van der Waals surface area contributed by atoms with E-state index in [1.54, 1.807) is 0 Å². The smallest absolute Gasteiger partial charge is 0.114 e. The molecule has 9 nitrogen and oxygen atoms in total. The van der Waals surface area contributed by atoms with E-state index in [1.165, 1.54) is 0 Å². The van der Waals surface area contributed by atoms with Crippen molar-refractivity contribution >= 4 is 17.9 Å². The first-order valence-electron chi connectivity index (χ1n) is 5.59. The number of aliphatic hydroxyl groups is 2. The molecule has 0 aliphatic rings. The van der Waals surface area contributed by atoms with E-state index in [9.17, 15) is 29.7 Å². The average Bonchev–Trinajstić information content (AvgIpc) is 2.12. The Morgan fingerprint density at radius 3 is 1.43 bits per heavy atom. The van der Waals surface area contributed by atoms with Gasteiger partial charge >= 0.3 is 0 Å². The Bertz CT molecular complexity index is 337. The molecule has 2 N–H and O–H groups in total. The Morgan fingerprint density at radius 1 is 1.00 bits per heavy atom. The largest absolute Gasteiger partial charge is 0.550 e. The van der Waals surface area contributed by atoms with E-state index >= 15 is 0 Å². The number of carbonyl (C=O) groups is 3. The second kappa shape index (κ2) is 10.5. The summed E-state index contributed by atoms with van der Waals surface area (Å²) in [4.78, 5) is 30.0. The summed E-state index contributed by atoms with van der Waals surface area (Å²) in [5.74, 6) is -5.98. The van der Waals surface area contributed by atoms with Gasteiger partial charge in [0, 0.05) is 41.8 Å². The Balaban J connectivity index is -0.000000347. The number of carbonyl (C=O) groups excluding carboxylic acids is 3. The number of carboxylic acids is 3. The van der Waals surface area contributed by atoms with Crippen molar-refractivity contribution < 1.29 is 61.5 Å². The molecule has 0 fully saturated rings. The van der Waals surface area contributed by atoms with Gasteiger partial charge in [-0.3, -0.25) is 0 Å². The molecule has 126 valence electrons. The Morgan fingerprint density at radius 2 is 1.33 bits per heavy atom. The maximum absolute atomic E-state index is 10.1. The van der Waals surface area contributed by atoms with Crippen LogP contribution in [0.25, 0.3) is 0 Å². The van der Waals surface area contributed by atoms with Crippen molar-refractivity contribution in [3.8, 4) is 0 Å². The van der Waals surface area contributed by atoms with Crippen molar-refractivity contribution in [3.05, 3.63) is 0 Å². The van der Waals surface area contributed by atoms with Crippen LogP contribution in [0.5, 0.6) is 0 Å². The summed E-state index contributed by atoms with van der Waals surface area (Å²) < 4.78 is 0.844. The Labute approximate surface area is 132 Å². The molecule has 0 aromatic carbocycles. The van der Waals surface area contributed by atoms with Crippen LogP contribution in [0.2, 0.25) is 0 Å². The summed E-state index contributed by atoms with van der Waals surface area (Å²) in [6, 6.07) is 0. The van der Waals surface area contributed by atoms with Crippen molar-refractivity contribution in [2.45, 2.75) is 18.4 Å². The summed E-state index contributed by atoms with van der Waals surface area (Å²) in [6.45, 7) is 1.11. The van der Waals surface area contributed by atoms with Gasteiger partial charge in [0.25, 0.3) is 0 Å². The topological polar surface area (TPSA) is 161 Å². The monoisotopic (exact) mass is 349 g/mol. The third-order valence-electron chi connectivity index (χ3n) is 2.02. The van der Waals surface area contributed by atoms with Crippen molar-refractivity contribution in [2.75, 3.05) is 34.3 Å². The molecule has 0 heterocycles. The van der Waals surface area contributed by atoms with Gasteiger partial charge in [0.2, 0.25) is 0 Å². The first kappa shape index (κ1) is 24.8. The van der Waals surface area contributed by atoms with E-state index in [0.717, 1.165) is 11.0 Å². The Kier molecular flexibility index (Phi) is 12.4. The number of hydrogen-bond acceptors (Lipinski definition) is 8. The minimum absolute atomic E-state index is 0. The molecule has 0 aromatic heterocycles. The van der Waals surface area contributed by atoms with Gasteiger partial charge in [-0.25, -0.2) is 0 Å². The predicted octanol–water partition coefficient (Wildman–Crippen LogP) is -5.57. The quantitative estimate of drug-likeness (QED) is 0.340. The van der Waals surface area contributed by atoms with Crippen molar-refractivity contribution in [2.24, 2.45) is 0 Å². The molecule has 0 spiro atoms. The van der Waals surface area contributed by atoms with Crippen LogP contribution in [-0.2, 0) is 31.5 Å². The predicted molar refractivity (Wildman–Crippen MR) is 59.2 cm³/mol. The van der Waals surface area contributed by atoms with Gasteiger partial charge < -0.3 is 44.4 Å². The molecule has 0 atom stereocenters. The van der Waals surface area contributed by atoms with Crippen molar-refractivity contribution in [1.29, 1.82) is 0 Å². The van der Waals surface area contributed by atoms with Gasteiger partial charge in [0.1, 0.15) is 12.1 Å². The van der Waals surface area contributed by atoms with Crippen molar-refractivity contribution in [1.82, 2.24) is 0 Å². The van der Waals surface area contributed by atoms with E-state index in [0.29, 0.717) is 0 Å². The number of nitrogens with zero attached hydrogens (tertiary/aromatic N) is 1. The van der Waals surface area contributed by atoms with Gasteiger partial charge in [-0.05, 0) is 0 Å². The second-order valence-electron chi connectivity index (χ2n) is 5.15. The van der Waals surface area contributed by atoms with Crippen LogP contribution in [0.3, 0.4) is 0 Å². The third kappa shape index (κ3) is 15.0. The molecule has 0 bridgehead atoms. The molecule has 0 rings (SSSR count). The van der Waals surface area contributed by atoms with Crippen LogP contribution in [0.1, 0.15) is 12.8 Å². The zero-order valence-corrected chi connectivity index (χ0v) is 13.1. The number of aliphatic carboxylic acids is 3. The summed E-state index contributed by atoms with van der Waals surface area (Å²) in [5.41, 5.74) is -2.97. The van der Waals surface area contributed by atoms with E-state index in [4.69, 9.17) is 10.2 Å². The SMILES string of the molecule is C[N+](C)(C)CCO.O=C([O-])CC(O)(CC(=O)[O-])C(=O)[O-].[Fe]. The molecule has 0 aliphatic carbocycles. The van der Waals surface area contributed by atoms with Crippen LogP contribution < -0.4 is 15.3 Å². The van der Waals surface area contributed by atoms with Gasteiger partial charge in [-0.15, -0.1) is 0 Å². The average molecular weight is 349 g/mol. The van der Waals surface area contributed by atoms with E-state index in [1.807, 2.05) is 0 Å². The van der Waals surface area contributed by atoms with E-state index in [-0.39, 0.29) is 23.7 Å². The zero-order chi connectivity index (χ0) is 16.6. The number of likely N-dealkylation sites (N-methyl/N-ethyl adjacent to an activating group) is 1. The van der Waals surface area contributed by atoms with Crippen LogP contribution in [0, 0.1) is 0 Å². The minimum Gasteiger partial charge on any atom is -0.550 e. The summed E-state index contributed by atoms with van der Waals surface area (Å²) >= 11 is 0. The molecule has 0 radical (unpaired) electrons. The molecule has 0 aromatic rings. The number of carboxylic acid groups (broad SMARTS) is 3. The number of hydrogen-bond donors (Lipinski definition) is 2. The third-order valence-corrected chi connectivity index (χ3v) is 2.02. The van der Waals surface area contributed by atoms with Crippen LogP contribution >= 0.6 is 0 Å². The molecule has 0 saturated heterocycles. The van der Waals surface area contributed by atoms with E-state index in [2.05, 4.69) is 21.1 Å². The molecule has 21 heavy (non-hydrogen) atoms. The van der Waals surface area contributed by atoms with Crippen molar-refractivity contribution in [3.63, 3.8) is 0 Å². The first-order chi connectivity index (χ1) is 8.84. The standard InChI is InChI=1S/C6H8O7.C5H14NO.Fe/c7-3(8)1-6(13,5(11)12)2-4(9)10;1-6(2,3)4-5-7;/h13H,1-2H2,(H,7,8)(H,9,10)(H,11,12);7H,4-5H2,1-3H3;/q;+1;/p-3. The molecule has 0 aliphatic heterocycles.